The van der Waals surface area contributed by atoms with Crippen molar-refractivity contribution in [3.8, 4) is 0 Å². The Morgan fingerprint density at radius 3 is 2.67 bits per heavy atom. The van der Waals surface area contributed by atoms with Gasteiger partial charge in [-0.15, -0.1) is 0 Å². The maximum absolute atomic E-state index is 13.1. The number of anilines is 1. The van der Waals surface area contributed by atoms with Crippen LogP contribution in [0.15, 0.2) is 23.1 Å². The highest BCUT2D eigenvalue weighted by atomic mass is 32.2. The molecule has 1 N–H and O–H groups in total. The van der Waals surface area contributed by atoms with Gasteiger partial charge < -0.3 is 0 Å². The van der Waals surface area contributed by atoms with E-state index in [-0.39, 0.29) is 0 Å². The zero-order valence-electron chi connectivity index (χ0n) is 12.5. The largest absolute Gasteiger partial charge is 0.281 e. The molecule has 0 radical (unpaired) electrons. The first-order valence-corrected chi connectivity index (χ1v) is 8.49. The fourth-order valence-corrected chi connectivity index (χ4v) is 5.02. The SMILES string of the molecule is Cc1cccc2c1N(S(=O)(=O)c1c(C)n[nH]c1C)CCC2. The van der Waals surface area contributed by atoms with Crippen molar-refractivity contribution < 1.29 is 8.42 Å². The molecule has 5 nitrogen and oxygen atoms in total. The lowest BCUT2D eigenvalue weighted by atomic mass is 10.0. The third kappa shape index (κ3) is 2.14. The Hall–Kier alpha value is -1.82. The van der Waals surface area contributed by atoms with Crippen molar-refractivity contribution in [2.75, 3.05) is 10.8 Å². The summed E-state index contributed by atoms with van der Waals surface area (Å²) < 4.78 is 27.7. The summed E-state index contributed by atoms with van der Waals surface area (Å²) in [6.07, 6.45) is 1.76. The minimum atomic E-state index is -3.58. The number of hydrogen-bond donors (Lipinski definition) is 1. The number of H-pyrrole nitrogens is 1. The molecule has 3 rings (SSSR count). The van der Waals surface area contributed by atoms with E-state index < -0.39 is 10.0 Å². The molecule has 1 aromatic carbocycles. The van der Waals surface area contributed by atoms with Gasteiger partial charge in [0.25, 0.3) is 10.0 Å². The topological polar surface area (TPSA) is 66.1 Å². The first-order chi connectivity index (χ1) is 9.93. The van der Waals surface area contributed by atoms with Gasteiger partial charge in [0.2, 0.25) is 0 Å². The summed E-state index contributed by atoms with van der Waals surface area (Å²) in [5, 5.41) is 6.79. The molecule has 0 unspecified atom stereocenters. The highest BCUT2D eigenvalue weighted by molar-refractivity contribution is 7.93. The van der Waals surface area contributed by atoms with Crippen LogP contribution in [0, 0.1) is 20.8 Å². The van der Waals surface area contributed by atoms with Crippen LogP contribution in [0.4, 0.5) is 5.69 Å². The molecule has 0 amide bonds. The molecular formula is C15H19N3O2S. The Morgan fingerprint density at radius 1 is 1.24 bits per heavy atom. The number of para-hydroxylation sites is 1. The van der Waals surface area contributed by atoms with E-state index in [1.165, 1.54) is 0 Å². The molecule has 2 aromatic rings. The number of nitrogens with one attached hydrogen (secondary N) is 1. The van der Waals surface area contributed by atoms with E-state index in [0.717, 1.165) is 29.7 Å². The molecule has 0 bridgehead atoms. The summed E-state index contributed by atoms with van der Waals surface area (Å²) in [6, 6.07) is 5.96. The van der Waals surface area contributed by atoms with Gasteiger partial charge in [-0.2, -0.15) is 5.10 Å². The zero-order chi connectivity index (χ0) is 15.2. The lowest BCUT2D eigenvalue weighted by Gasteiger charge is -2.32. The lowest BCUT2D eigenvalue weighted by Crippen LogP contribution is -2.36. The lowest BCUT2D eigenvalue weighted by molar-refractivity contribution is 0.585. The van der Waals surface area contributed by atoms with E-state index in [1.807, 2.05) is 25.1 Å². The number of aromatic amines is 1. The average Bonchev–Trinajstić information content (AvgIpc) is 2.78. The quantitative estimate of drug-likeness (QED) is 0.927. The van der Waals surface area contributed by atoms with Gasteiger partial charge >= 0.3 is 0 Å². The number of fused-ring (bicyclic) bond motifs is 1. The van der Waals surface area contributed by atoms with E-state index in [9.17, 15) is 8.42 Å². The van der Waals surface area contributed by atoms with Crippen LogP contribution in [0.3, 0.4) is 0 Å². The molecule has 2 heterocycles. The summed E-state index contributed by atoms with van der Waals surface area (Å²) in [6.45, 7) is 5.95. The molecule has 0 saturated heterocycles. The maximum Gasteiger partial charge on any atom is 0.268 e. The molecule has 0 saturated carbocycles. The van der Waals surface area contributed by atoms with Crippen LogP contribution in [-0.4, -0.2) is 25.2 Å². The Balaban J connectivity index is 2.19. The Morgan fingerprint density at radius 2 is 2.00 bits per heavy atom. The van der Waals surface area contributed by atoms with Gasteiger partial charge in [-0.25, -0.2) is 8.42 Å². The van der Waals surface area contributed by atoms with Crippen molar-refractivity contribution in [3.63, 3.8) is 0 Å². The number of sulfonamides is 1. The second-order valence-electron chi connectivity index (χ2n) is 5.53. The van der Waals surface area contributed by atoms with Crippen molar-refractivity contribution in [2.45, 2.75) is 38.5 Å². The highest BCUT2D eigenvalue weighted by Crippen LogP contribution is 2.35. The molecule has 1 aliphatic heterocycles. The number of rotatable bonds is 2. The van der Waals surface area contributed by atoms with Crippen LogP contribution in [0.25, 0.3) is 0 Å². The van der Waals surface area contributed by atoms with E-state index >= 15 is 0 Å². The number of hydrogen-bond acceptors (Lipinski definition) is 3. The first-order valence-electron chi connectivity index (χ1n) is 7.05. The fraction of sp³-hybridized carbons (Fsp3) is 0.400. The molecule has 0 spiro atoms. The van der Waals surface area contributed by atoms with E-state index in [0.29, 0.717) is 22.8 Å². The van der Waals surface area contributed by atoms with Crippen molar-refractivity contribution in [3.05, 3.63) is 40.7 Å². The molecule has 0 aliphatic carbocycles. The van der Waals surface area contributed by atoms with Gasteiger partial charge in [0.1, 0.15) is 4.90 Å². The number of aryl methyl sites for hydroxylation is 4. The van der Waals surface area contributed by atoms with Gasteiger partial charge in [-0.1, -0.05) is 18.2 Å². The molecule has 21 heavy (non-hydrogen) atoms. The standard InChI is InChI=1S/C15H19N3O2S/c1-10-6-4-7-13-8-5-9-18(14(10)13)21(19,20)15-11(2)16-17-12(15)3/h4,6-7H,5,8-9H2,1-3H3,(H,16,17). The van der Waals surface area contributed by atoms with Crippen LogP contribution in [-0.2, 0) is 16.4 Å². The molecule has 112 valence electrons. The predicted octanol–water partition coefficient (Wildman–Crippen LogP) is 2.48. The molecule has 1 aromatic heterocycles. The second-order valence-corrected chi connectivity index (χ2v) is 7.33. The third-order valence-corrected chi connectivity index (χ3v) is 6.05. The summed E-state index contributed by atoms with van der Waals surface area (Å²) >= 11 is 0. The first kappa shape index (κ1) is 14.1. The maximum atomic E-state index is 13.1. The van der Waals surface area contributed by atoms with Gasteiger partial charge in [-0.3, -0.25) is 9.40 Å². The van der Waals surface area contributed by atoms with Crippen LogP contribution >= 0.6 is 0 Å². The third-order valence-electron chi connectivity index (χ3n) is 3.99. The summed E-state index contributed by atoms with van der Waals surface area (Å²) in [5.41, 5.74) is 4.04. The van der Waals surface area contributed by atoms with Crippen LogP contribution in [0.5, 0.6) is 0 Å². The normalized spacial score (nSPS) is 15.1. The molecule has 6 heteroatoms. The van der Waals surface area contributed by atoms with E-state index in [4.69, 9.17) is 0 Å². The van der Waals surface area contributed by atoms with Crippen molar-refractivity contribution in [2.24, 2.45) is 0 Å². The second kappa shape index (κ2) is 4.87. The zero-order valence-corrected chi connectivity index (χ0v) is 13.3. The number of aromatic nitrogens is 2. The summed E-state index contributed by atoms with van der Waals surface area (Å²) in [4.78, 5) is 0.304. The molecule has 0 atom stereocenters. The van der Waals surface area contributed by atoms with Gasteiger partial charge in [0, 0.05) is 6.54 Å². The average molecular weight is 305 g/mol. The van der Waals surface area contributed by atoms with Gasteiger partial charge in [0.15, 0.2) is 0 Å². The summed E-state index contributed by atoms with van der Waals surface area (Å²) in [7, 11) is -3.58. The molecular weight excluding hydrogens is 286 g/mol. The van der Waals surface area contributed by atoms with Gasteiger partial charge in [0.05, 0.1) is 17.1 Å². The van der Waals surface area contributed by atoms with E-state index in [2.05, 4.69) is 10.2 Å². The van der Waals surface area contributed by atoms with Gasteiger partial charge in [-0.05, 0) is 44.7 Å². The predicted molar refractivity (Wildman–Crippen MR) is 82.1 cm³/mol. The molecule has 0 fully saturated rings. The molecule has 1 aliphatic rings. The van der Waals surface area contributed by atoms with Crippen LogP contribution in [0.1, 0.15) is 28.9 Å². The fourth-order valence-electron chi connectivity index (χ4n) is 3.07. The highest BCUT2D eigenvalue weighted by Gasteiger charge is 2.33. The Labute approximate surface area is 125 Å². The number of nitrogens with zero attached hydrogens (tertiary/aromatic N) is 2. The Bertz CT molecular complexity index is 774. The van der Waals surface area contributed by atoms with Crippen molar-refractivity contribution in [1.82, 2.24) is 10.2 Å². The van der Waals surface area contributed by atoms with Crippen LogP contribution < -0.4 is 4.31 Å². The summed E-state index contributed by atoms with van der Waals surface area (Å²) in [5.74, 6) is 0. The number of benzene rings is 1. The van der Waals surface area contributed by atoms with E-state index in [1.54, 1.807) is 18.2 Å². The minimum absolute atomic E-state index is 0.304. The Kier molecular flexibility index (Phi) is 3.28. The van der Waals surface area contributed by atoms with Crippen molar-refractivity contribution >= 4 is 15.7 Å². The smallest absolute Gasteiger partial charge is 0.268 e. The monoisotopic (exact) mass is 305 g/mol. The van der Waals surface area contributed by atoms with Crippen molar-refractivity contribution in [1.29, 1.82) is 0 Å². The van der Waals surface area contributed by atoms with Crippen LogP contribution in [0.2, 0.25) is 0 Å². The minimum Gasteiger partial charge on any atom is -0.281 e.